The average molecular weight is 327 g/mol. The maximum absolute atomic E-state index is 9.42. The maximum atomic E-state index is 9.42. The van der Waals surface area contributed by atoms with Crippen LogP contribution in [0.15, 0.2) is 54.6 Å². The highest BCUT2D eigenvalue weighted by Crippen LogP contribution is 2.26. The van der Waals surface area contributed by atoms with E-state index in [9.17, 15) is 10.2 Å². The van der Waals surface area contributed by atoms with Gasteiger partial charge in [0.15, 0.2) is 0 Å². The molecule has 130 valence electrons. The van der Waals surface area contributed by atoms with Gasteiger partial charge in [0.2, 0.25) is 0 Å². The molecule has 0 radical (unpaired) electrons. The minimum atomic E-state index is 0.0926. The van der Waals surface area contributed by atoms with E-state index in [1.165, 1.54) is 16.7 Å². The summed E-state index contributed by atoms with van der Waals surface area (Å²) in [6.45, 7) is 5.69. The van der Waals surface area contributed by atoms with Gasteiger partial charge in [-0.2, -0.15) is 0 Å². The average Bonchev–Trinajstić information content (AvgIpc) is 2.60. The molecule has 1 atom stereocenters. The molecule has 0 saturated carbocycles. The smallest absolute Gasteiger partial charge is 0.0558 e. The van der Waals surface area contributed by atoms with E-state index >= 15 is 0 Å². The van der Waals surface area contributed by atoms with E-state index in [2.05, 4.69) is 67.3 Å². The molecule has 0 heterocycles. The third-order valence-corrected chi connectivity index (χ3v) is 4.47. The molecule has 3 nitrogen and oxygen atoms in total. The second-order valence-electron chi connectivity index (χ2n) is 6.51. The molecule has 0 saturated heterocycles. The van der Waals surface area contributed by atoms with E-state index in [4.69, 9.17) is 0 Å². The molecular weight excluding hydrogens is 298 g/mol. The summed E-state index contributed by atoms with van der Waals surface area (Å²) < 4.78 is 0. The predicted molar refractivity (Wildman–Crippen MR) is 99.2 cm³/mol. The van der Waals surface area contributed by atoms with E-state index in [0.29, 0.717) is 19.0 Å². The summed E-state index contributed by atoms with van der Waals surface area (Å²) in [7, 11) is 0. The van der Waals surface area contributed by atoms with Gasteiger partial charge < -0.3 is 10.2 Å². The summed E-state index contributed by atoms with van der Waals surface area (Å²) in [5.74, 6) is 0.512. The van der Waals surface area contributed by atoms with E-state index in [1.54, 1.807) is 0 Å². The van der Waals surface area contributed by atoms with Crippen LogP contribution < -0.4 is 0 Å². The molecular formula is C21H29NO2. The van der Waals surface area contributed by atoms with Crippen molar-refractivity contribution in [2.75, 3.05) is 26.3 Å². The highest BCUT2D eigenvalue weighted by Gasteiger charge is 2.20. The van der Waals surface area contributed by atoms with Gasteiger partial charge in [-0.3, -0.25) is 4.90 Å². The molecule has 0 aromatic heterocycles. The number of rotatable bonds is 9. The number of hydrogen-bond donors (Lipinski definition) is 2. The molecule has 2 rings (SSSR count). The van der Waals surface area contributed by atoms with Crippen LogP contribution in [-0.4, -0.2) is 41.4 Å². The largest absolute Gasteiger partial charge is 0.395 e. The molecule has 0 aliphatic rings. The maximum Gasteiger partial charge on any atom is 0.0558 e. The van der Waals surface area contributed by atoms with Crippen LogP contribution in [0.4, 0.5) is 0 Å². The molecule has 0 aliphatic carbocycles. The first kappa shape index (κ1) is 18.7. The second-order valence-corrected chi connectivity index (χ2v) is 6.51. The molecule has 24 heavy (non-hydrogen) atoms. The minimum Gasteiger partial charge on any atom is -0.395 e. The van der Waals surface area contributed by atoms with Crippen LogP contribution in [0.25, 0.3) is 0 Å². The molecule has 0 aliphatic heterocycles. The van der Waals surface area contributed by atoms with Crippen molar-refractivity contribution in [1.82, 2.24) is 4.90 Å². The van der Waals surface area contributed by atoms with E-state index in [0.717, 1.165) is 6.42 Å². The van der Waals surface area contributed by atoms with Crippen LogP contribution in [0.3, 0.4) is 0 Å². The Morgan fingerprint density at radius 2 is 1.33 bits per heavy atom. The number of nitrogens with zero attached hydrogens (tertiary/aromatic N) is 1. The lowest BCUT2D eigenvalue weighted by Gasteiger charge is -2.31. The minimum absolute atomic E-state index is 0.0926. The lowest BCUT2D eigenvalue weighted by atomic mass is 9.94. The first-order chi connectivity index (χ1) is 11.7. The quantitative estimate of drug-likeness (QED) is 0.742. The van der Waals surface area contributed by atoms with Crippen LogP contribution in [0.2, 0.25) is 0 Å². The van der Waals surface area contributed by atoms with Crippen LogP contribution in [0, 0.1) is 0 Å². The molecule has 2 N–H and O–H groups in total. The normalized spacial score (nSPS) is 12.8. The zero-order chi connectivity index (χ0) is 17.4. The van der Waals surface area contributed by atoms with Crippen LogP contribution >= 0.6 is 0 Å². The van der Waals surface area contributed by atoms with Gasteiger partial charge in [-0.25, -0.2) is 0 Å². The Kier molecular flexibility index (Phi) is 7.44. The van der Waals surface area contributed by atoms with Crippen molar-refractivity contribution in [3.05, 3.63) is 71.3 Å². The van der Waals surface area contributed by atoms with Gasteiger partial charge >= 0.3 is 0 Å². The van der Waals surface area contributed by atoms with Gasteiger partial charge in [-0.05, 0) is 29.0 Å². The SMILES string of the molecule is CC(C)c1ccc([C@@H](Cc2ccccc2)N(CCO)CCO)cc1. The monoisotopic (exact) mass is 327 g/mol. The first-order valence-corrected chi connectivity index (χ1v) is 8.75. The third-order valence-electron chi connectivity index (χ3n) is 4.47. The van der Waals surface area contributed by atoms with Gasteiger partial charge in [-0.1, -0.05) is 68.4 Å². The highest BCUT2D eigenvalue weighted by molar-refractivity contribution is 5.29. The highest BCUT2D eigenvalue weighted by atomic mass is 16.3. The predicted octanol–water partition coefficient (Wildman–Crippen LogP) is 3.38. The molecule has 3 heteroatoms. The summed E-state index contributed by atoms with van der Waals surface area (Å²) >= 11 is 0. The standard InChI is InChI=1S/C21H29NO2/c1-17(2)19-8-10-20(11-9-19)21(22(12-14-23)13-15-24)16-18-6-4-3-5-7-18/h3-11,17,21,23-24H,12-16H2,1-2H3/t21-/m1/s1. The topological polar surface area (TPSA) is 43.7 Å². The van der Waals surface area contributed by atoms with Gasteiger partial charge in [0.1, 0.15) is 0 Å². The number of benzene rings is 2. The van der Waals surface area contributed by atoms with Crippen molar-refractivity contribution in [3.63, 3.8) is 0 Å². The third kappa shape index (κ3) is 5.17. The summed E-state index contributed by atoms with van der Waals surface area (Å²) in [5.41, 5.74) is 3.81. The Morgan fingerprint density at radius 1 is 0.792 bits per heavy atom. The molecule has 2 aromatic rings. The van der Waals surface area contributed by atoms with E-state index in [1.807, 2.05) is 6.07 Å². The van der Waals surface area contributed by atoms with Crippen molar-refractivity contribution in [2.45, 2.75) is 32.2 Å². The molecule has 0 unspecified atom stereocenters. The summed E-state index contributed by atoms with van der Waals surface area (Å²) in [4.78, 5) is 2.16. The molecule has 0 amide bonds. The lowest BCUT2D eigenvalue weighted by molar-refractivity contribution is 0.121. The Bertz CT molecular complexity index is 575. The molecule has 0 spiro atoms. The second kappa shape index (κ2) is 9.58. The van der Waals surface area contributed by atoms with Crippen LogP contribution in [0.1, 0.15) is 42.5 Å². The van der Waals surface area contributed by atoms with Crippen molar-refractivity contribution in [3.8, 4) is 0 Å². The fourth-order valence-corrected chi connectivity index (χ4v) is 3.08. The molecule has 0 bridgehead atoms. The van der Waals surface area contributed by atoms with E-state index < -0.39 is 0 Å². The van der Waals surface area contributed by atoms with Crippen LogP contribution in [-0.2, 0) is 6.42 Å². The number of hydrogen-bond acceptors (Lipinski definition) is 3. The fraction of sp³-hybridized carbons (Fsp3) is 0.429. The summed E-state index contributed by atoms with van der Waals surface area (Å²) in [5, 5.41) is 18.8. The zero-order valence-corrected chi connectivity index (χ0v) is 14.7. The van der Waals surface area contributed by atoms with Gasteiger partial charge in [-0.15, -0.1) is 0 Å². The van der Waals surface area contributed by atoms with Crippen LogP contribution in [0.5, 0.6) is 0 Å². The Hall–Kier alpha value is -1.68. The first-order valence-electron chi connectivity index (χ1n) is 8.75. The van der Waals surface area contributed by atoms with Gasteiger partial charge in [0, 0.05) is 19.1 Å². The summed E-state index contributed by atoms with van der Waals surface area (Å²) in [6.07, 6.45) is 0.863. The van der Waals surface area contributed by atoms with Crippen molar-refractivity contribution in [1.29, 1.82) is 0 Å². The Morgan fingerprint density at radius 3 is 1.83 bits per heavy atom. The van der Waals surface area contributed by atoms with Crippen molar-refractivity contribution in [2.24, 2.45) is 0 Å². The van der Waals surface area contributed by atoms with E-state index in [-0.39, 0.29) is 19.3 Å². The Labute approximate surface area is 145 Å². The fourth-order valence-electron chi connectivity index (χ4n) is 3.08. The number of aliphatic hydroxyl groups excluding tert-OH is 2. The van der Waals surface area contributed by atoms with Crippen molar-refractivity contribution < 1.29 is 10.2 Å². The van der Waals surface area contributed by atoms with Gasteiger partial charge in [0.25, 0.3) is 0 Å². The lowest BCUT2D eigenvalue weighted by Crippen LogP contribution is -2.35. The molecule has 0 fully saturated rings. The Balaban J connectivity index is 2.29. The zero-order valence-electron chi connectivity index (χ0n) is 14.7. The summed E-state index contributed by atoms with van der Waals surface area (Å²) in [6, 6.07) is 19.3. The van der Waals surface area contributed by atoms with Gasteiger partial charge in [0.05, 0.1) is 13.2 Å². The molecule has 2 aromatic carbocycles. The van der Waals surface area contributed by atoms with Crippen molar-refractivity contribution >= 4 is 0 Å². The number of aliphatic hydroxyl groups is 2.